The molecular formula is C26H37FN4O5. The van der Waals surface area contributed by atoms with Crippen LogP contribution in [0.3, 0.4) is 0 Å². The molecule has 2 N–H and O–H groups in total. The quantitative estimate of drug-likeness (QED) is 0.516. The van der Waals surface area contributed by atoms with Crippen LogP contribution in [-0.2, 0) is 30.5 Å². The fourth-order valence-electron chi connectivity index (χ4n) is 4.87. The lowest BCUT2D eigenvalue weighted by Crippen LogP contribution is -2.59. The number of halogens is 1. The zero-order chi connectivity index (χ0) is 26.8. The molecule has 2 heterocycles. The van der Waals surface area contributed by atoms with Crippen molar-refractivity contribution in [3.8, 4) is 0 Å². The van der Waals surface area contributed by atoms with Crippen LogP contribution in [-0.4, -0.2) is 83.7 Å². The number of benzene rings is 1. The topological polar surface area (TPSA) is 108 Å². The average molecular weight is 505 g/mol. The lowest BCUT2D eigenvalue weighted by atomic mass is 9.85. The average Bonchev–Trinajstić information content (AvgIpc) is 3.40. The van der Waals surface area contributed by atoms with E-state index in [1.807, 2.05) is 20.8 Å². The van der Waals surface area contributed by atoms with Crippen molar-refractivity contribution in [1.82, 2.24) is 20.4 Å². The summed E-state index contributed by atoms with van der Waals surface area (Å²) < 4.78 is 19.5. The second kappa shape index (κ2) is 11.0. The monoisotopic (exact) mass is 504 g/mol. The molecule has 198 valence electrons. The summed E-state index contributed by atoms with van der Waals surface area (Å²) in [6.07, 6.45) is -0.0360. The number of nitrogens with one attached hydrogen (secondary N) is 2. The molecule has 3 rings (SSSR count). The van der Waals surface area contributed by atoms with E-state index in [1.54, 1.807) is 31.0 Å². The van der Waals surface area contributed by atoms with E-state index in [0.29, 0.717) is 13.0 Å². The smallest absolute Gasteiger partial charge is 0.290 e. The van der Waals surface area contributed by atoms with Crippen molar-refractivity contribution in [2.24, 2.45) is 5.41 Å². The maximum Gasteiger partial charge on any atom is 0.290 e. The Morgan fingerprint density at radius 2 is 1.78 bits per heavy atom. The molecular weight excluding hydrogens is 467 g/mol. The largest absolute Gasteiger partial charge is 0.369 e. The number of rotatable bonds is 8. The first-order valence-electron chi connectivity index (χ1n) is 12.3. The maximum absolute atomic E-state index is 13.9. The Labute approximate surface area is 211 Å². The van der Waals surface area contributed by atoms with E-state index in [9.17, 15) is 23.6 Å². The van der Waals surface area contributed by atoms with Crippen molar-refractivity contribution >= 4 is 23.5 Å². The van der Waals surface area contributed by atoms with Gasteiger partial charge in [0.05, 0.1) is 30.8 Å². The number of carbonyl (C=O) groups is 4. The highest BCUT2D eigenvalue weighted by Crippen LogP contribution is 2.36. The minimum absolute atomic E-state index is 0.164. The third-order valence-electron chi connectivity index (χ3n) is 7.03. The van der Waals surface area contributed by atoms with Gasteiger partial charge >= 0.3 is 0 Å². The summed E-state index contributed by atoms with van der Waals surface area (Å²) in [5.74, 6) is -2.06. The molecule has 5 unspecified atom stereocenters. The van der Waals surface area contributed by atoms with Crippen LogP contribution in [0.5, 0.6) is 0 Å². The summed E-state index contributed by atoms with van der Waals surface area (Å²) in [5, 5.41) is 5.77. The van der Waals surface area contributed by atoms with Crippen molar-refractivity contribution < 1.29 is 28.3 Å². The molecule has 5 atom stereocenters. The van der Waals surface area contributed by atoms with E-state index in [2.05, 4.69) is 10.6 Å². The second-order valence-electron chi connectivity index (χ2n) is 10.7. The van der Waals surface area contributed by atoms with E-state index in [-0.39, 0.29) is 36.8 Å². The van der Waals surface area contributed by atoms with Crippen LogP contribution in [0.15, 0.2) is 24.3 Å². The van der Waals surface area contributed by atoms with E-state index >= 15 is 0 Å². The summed E-state index contributed by atoms with van der Waals surface area (Å²) in [5.41, 5.74) is 0.178. The van der Waals surface area contributed by atoms with Gasteiger partial charge in [-0.2, -0.15) is 0 Å². The molecule has 0 saturated carbocycles. The van der Waals surface area contributed by atoms with Gasteiger partial charge in [0, 0.05) is 20.0 Å². The van der Waals surface area contributed by atoms with Crippen LogP contribution in [0, 0.1) is 11.2 Å². The van der Waals surface area contributed by atoms with Gasteiger partial charge in [0.1, 0.15) is 11.9 Å². The van der Waals surface area contributed by atoms with Crippen molar-refractivity contribution in [3.05, 3.63) is 35.6 Å². The fraction of sp³-hybridized carbons (Fsp3) is 0.615. The lowest BCUT2D eigenvalue weighted by molar-refractivity contribution is -0.144. The second-order valence-corrected chi connectivity index (χ2v) is 10.7. The number of nitrogens with zero attached hydrogens (tertiary/aromatic N) is 2. The standard InChI is InChI=1S/C26H37FN4O5/c1-15(28-6)23(33)29-22(26(3,4)5)25(35)30-12-11-19-21(30)20(13-31(19)24(34)16(2)32)36-14-17-7-9-18(27)10-8-17/h7-10,15,19-22,28H,11-14H2,1-6H3,(H,29,33). The van der Waals surface area contributed by atoms with Crippen molar-refractivity contribution in [3.63, 3.8) is 0 Å². The van der Waals surface area contributed by atoms with Gasteiger partial charge in [0.15, 0.2) is 0 Å². The molecule has 2 fully saturated rings. The molecule has 2 saturated heterocycles. The Morgan fingerprint density at radius 3 is 2.33 bits per heavy atom. The summed E-state index contributed by atoms with van der Waals surface area (Å²) in [4.78, 5) is 54.3. The number of ketones is 1. The molecule has 2 aliphatic rings. The number of carbonyl (C=O) groups excluding carboxylic acids is 4. The summed E-state index contributed by atoms with van der Waals surface area (Å²) >= 11 is 0. The fourth-order valence-corrected chi connectivity index (χ4v) is 4.87. The molecule has 0 aromatic heterocycles. The van der Waals surface area contributed by atoms with E-state index < -0.39 is 41.3 Å². The van der Waals surface area contributed by atoms with Gasteiger partial charge in [-0.3, -0.25) is 19.2 Å². The van der Waals surface area contributed by atoms with Crippen molar-refractivity contribution in [2.75, 3.05) is 20.1 Å². The number of Topliss-reactive ketones (excluding diaryl/α,β-unsaturated/α-hetero) is 1. The van der Waals surface area contributed by atoms with Gasteiger partial charge in [-0.15, -0.1) is 0 Å². The van der Waals surface area contributed by atoms with Gasteiger partial charge in [-0.05, 0) is 43.5 Å². The summed E-state index contributed by atoms with van der Waals surface area (Å²) in [6, 6.07) is 3.82. The van der Waals surface area contributed by atoms with Crippen LogP contribution in [0.4, 0.5) is 4.39 Å². The number of amides is 3. The summed E-state index contributed by atoms with van der Waals surface area (Å²) in [6.45, 7) is 9.31. The molecule has 1 aromatic carbocycles. The van der Waals surface area contributed by atoms with Crippen LogP contribution in [0.1, 0.15) is 46.6 Å². The maximum atomic E-state index is 13.9. The zero-order valence-electron chi connectivity index (χ0n) is 21.8. The normalized spacial score (nSPS) is 23.2. The number of fused-ring (bicyclic) bond motifs is 1. The Kier molecular flexibility index (Phi) is 8.51. The molecule has 0 bridgehead atoms. The SMILES string of the molecule is CNC(C)C(=O)NC(C(=O)N1CCC2C1C(OCc1ccc(F)cc1)CN2C(=O)C(C)=O)C(C)(C)C. The van der Waals surface area contributed by atoms with Crippen LogP contribution in [0.2, 0.25) is 0 Å². The third kappa shape index (κ3) is 5.92. The predicted molar refractivity (Wildman–Crippen MR) is 131 cm³/mol. The highest BCUT2D eigenvalue weighted by atomic mass is 19.1. The van der Waals surface area contributed by atoms with Gasteiger partial charge in [0.2, 0.25) is 17.6 Å². The van der Waals surface area contributed by atoms with Gasteiger partial charge in [-0.25, -0.2) is 4.39 Å². The first kappa shape index (κ1) is 27.7. The van der Waals surface area contributed by atoms with E-state index in [4.69, 9.17) is 4.74 Å². The number of likely N-dealkylation sites (N-methyl/N-ethyl adjacent to an activating group) is 1. The molecule has 0 spiro atoms. The lowest BCUT2D eigenvalue weighted by Gasteiger charge is -2.37. The van der Waals surface area contributed by atoms with E-state index in [1.165, 1.54) is 24.0 Å². The molecule has 10 heteroatoms. The third-order valence-corrected chi connectivity index (χ3v) is 7.03. The van der Waals surface area contributed by atoms with Crippen molar-refractivity contribution in [1.29, 1.82) is 0 Å². The van der Waals surface area contributed by atoms with Crippen LogP contribution >= 0.6 is 0 Å². The van der Waals surface area contributed by atoms with Gasteiger partial charge in [0.25, 0.3) is 5.91 Å². The number of hydrogen-bond acceptors (Lipinski definition) is 6. The van der Waals surface area contributed by atoms with Crippen LogP contribution < -0.4 is 10.6 Å². The molecule has 0 radical (unpaired) electrons. The predicted octanol–water partition coefficient (Wildman–Crippen LogP) is 1.25. The molecule has 36 heavy (non-hydrogen) atoms. The minimum Gasteiger partial charge on any atom is -0.369 e. The van der Waals surface area contributed by atoms with E-state index in [0.717, 1.165) is 5.56 Å². The molecule has 0 aliphatic carbocycles. The minimum atomic E-state index is -0.796. The molecule has 1 aromatic rings. The Hall–Kier alpha value is -2.85. The first-order chi connectivity index (χ1) is 16.8. The summed E-state index contributed by atoms with van der Waals surface area (Å²) in [7, 11) is 1.67. The number of hydrogen-bond donors (Lipinski definition) is 2. The van der Waals surface area contributed by atoms with Gasteiger partial charge in [-0.1, -0.05) is 32.9 Å². The highest BCUT2D eigenvalue weighted by molar-refractivity contribution is 6.35. The van der Waals surface area contributed by atoms with Crippen LogP contribution in [0.25, 0.3) is 0 Å². The number of likely N-dealkylation sites (tertiary alicyclic amines) is 2. The Bertz CT molecular complexity index is 993. The highest BCUT2D eigenvalue weighted by Gasteiger charge is 2.54. The molecule has 2 aliphatic heterocycles. The zero-order valence-corrected chi connectivity index (χ0v) is 21.8. The van der Waals surface area contributed by atoms with Gasteiger partial charge < -0.3 is 25.2 Å². The van der Waals surface area contributed by atoms with Crippen molar-refractivity contribution in [2.45, 2.75) is 77.9 Å². The first-order valence-corrected chi connectivity index (χ1v) is 12.3. The number of ether oxygens (including phenoxy) is 1. The molecule has 3 amide bonds. The molecule has 9 nitrogen and oxygen atoms in total. The Morgan fingerprint density at radius 1 is 1.14 bits per heavy atom. The Balaban J connectivity index is 1.86.